The fourth-order valence-corrected chi connectivity index (χ4v) is 3.87. The number of aryl methyl sites for hydroxylation is 1. The lowest BCUT2D eigenvalue weighted by molar-refractivity contribution is -0.135. The van der Waals surface area contributed by atoms with Gasteiger partial charge in [-0.2, -0.15) is 0 Å². The van der Waals surface area contributed by atoms with Crippen LogP contribution in [0.2, 0.25) is 0 Å². The van der Waals surface area contributed by atoms with Gasteiger partial charge in [-0.15, -0.1) is 0 Å². The molecule has 166 valence electrons. The van der Waals surface area contributed by atoms with Gasteiger partial charge in [-0.3, -0.25) is 14.6 Å². The number of likely N-dealkylation sites (N-methyl/N-ethyl adjacent to an activating group) is 1. The van der Waals surface area contributed by atoms with Gasteiger partial charge in [0.15, 0.2) is 6.61 Å². The average molecular weight is 424 g/mol. The minimum Gasteiger partial charge on any atom is -0.484 e. The van der Waals surface area contributed by atoms with Crippen LogP contribution in [0, 0.1) is 12.8 Å². The Balaban J connectivity index is 1.38. The maximum atomic E-state index is 12.6. The van der Waals surface area contributed by atoms with Crippen LogP contribution in [0.25, 0.3) is 0 Å². The molecule has 31 heavy (non-hydrogen) atoms. The molecule has 0 bridgehead atoms. The highest BCUT2D eigenvalue weighted by Gasteiger charge is 2.24. The first kappa shape index (κ1) is 22.8. The summed E-state index contributed by atoms with van der Waals surface area (Å²) in [6.45, 7) is 4.23. The number of hydrogen-bond donors (Lipinski definition) is 0. The summed E-state index contributed by atoms with van der Waals surface area (Å²) in [7, 11) is 1.85. The molecular formula is C25H33N3O3. The second-order valence-electron chi connectivity index (χ2n) is 8.37. The largest absolute Gasteiger partial charge is 0.484 e. The lowest BCUT2D eigenvalue weighted by atomic mass is 9.93. The molecule has 2 heterocycles. The molecule has 1 aliphatic heterocycles. The van der Waals surface area contributed by atoms with Crippen molar-refractivity contribution in [2.45, 2.75) is 39.0 Å². The molecule has 0 radical (unpaired) electrons. The third-order valence-corrected chi connectivity index (χ3v) is 5.88. The number of aromatic nitrogens is 1. The lowest BCUT2D eigenvalue weighted by Gasteiger charge is -2.33. The Morgan fingerprint density at radius 1 is 1.19 bits per heavy atom. The molecular weight excluding hydrogens is 390 g/mol. The van der Waals surface area contributed by atoms with Crippen molar-refractivity contribution in [2.75, 3.05) is 33.3 Å². The number of likely N-dealkylation sites (tertiary alicyclic amines) is 1. The molecule has 1 saturated heterocycles. The van der Waals surface area contributed by atoms with Crippen LogP contribution in [0.5, 0.6) is 5.75 Å². The predicted octanol–water partition coefficient (Wildman–Crippen LogP) is 3.49. The van der Waals surface area contributed by atoms with E-state index in [1.54, 1.807) is 11.1 Å². The smallest absolute Gasteiger partial charge is 0.260 e. The quantitative estimate of drug-likeness (QED) is 0.619. The van der Waals surface area contributed by atoms with Crippen molar-refractivity contribution in [3.05, 3.63) is 59.9 Å². The third kappa shape index (κ3) is 7.39. The zero-order valence-corrected chi connectivity index (χ0v) is 18.6. The Bertz CT molecular complexity index is 839. The van der Waals surface area contributed by atoms with Crippen LogP contribution >= 0.6 is 0 Å². The molecule has 3 rings (SSSR count). The summed E-state index contributed by atoms with van der Waals surface area (Å²) in [6, 6.07) is 13.6. The Kier molecular flexibility index (Phi) is 8.44. The second-order valence-corrected chi connectivity index (χ2v) is 8.37. The summed E-state index contributed by atoms with van der Waals surface area (Å²) in [4.78, 5) is 33.1. The summed E-state index contributed by atoms with van der Waals surface area (Å²) >= 11 is 0. The zero-order valence-electron chi connectivity index (χ0n) is 18.6. The first-order chi connectivity index (χ1) is 15.0. The van der Waals surface area contributed by atoms with Gasteiger partial charge in [-0.25, -0.2) is 0 Å². The number of hydrogen-bond acceptors (Lipinski definition) is 4. The Morgan fingerprint density at radius 3 is 2.74 bits per heavy atom. The summed E-state index contributed by atoms with van der Waals surface area (Å²) < 4.78 is 5.65. The maximum Gasteiger partial charge on any atom is 0.260 e. The molecule has 0 unspecified atom stereocenters. The van der Waals surface area contributed by atoms with Gasteiger partial charge < -0.3 is 14.5 Å². The molecule has 1 aromatic carbocycles. The normalized spacial score (nSPS) is 16.1. The number of rotatable bonds is 9. The molecule has 0 saturated carbocycles. The Labute approximate surface area is 185 Å². The second kappa shape index (κ2) is 11.5. The number of carbonyl (C=O) groups is 2. The van der Waals surface area contributed by atoms with Crippen LogP contribution < -0.4 is 4.74 Å². The van der Waals surface area contributed by atoms with Gasteiger partial charge in [0.25, 0.3) is 5.91 Å². The number of ether oxygens (including phenoxy) is 1. The fourth-order valence-electron chi connectivity index (χ4n) is 3.87. The molecule has 1 aromatic heterocycles. The van der Waals surface area contributed by atoms with E-state index in [2.05, 4.69) is 4.98 Å². The van der Waals surface area contributed by atoms with Crippen LogP contribution in [0.1, 0.15) is 36.9 Å². The van der Waals surface area contributed by atoms with E-state index in [0.29, 0.717) is 31.2 Å². The van der Waals surface area contributed by atoms with E-state index < -0.39 is 0 Å². The monoisotopic (exact) mass is 423 g/mol. The van der Waals surface area contributed by atoms with E-state index in [9.17, 15) is 9.59 Å². The van der Waals surface area contributed by atoms with Crippen molar-refractivity contribution in [3.63, 3.8) is 0 Å². The van der Waals surface area contributed by atoms with Crippen molar-refractivity contribution in [1.82, 2.24) is 14.8 Å². The van der Waals surface area contributed by atoms with Gasteiger partial charge in [-0.1, -0.05) is 23.8 Å². The van der Waals surface area contributed by atoms with Crippen molar-refractivity contribution in [1.29, 1.82) is 0 Å². The van der Waals surface area contributed by atoms with E-state index in [0.717, 1.165) is 43.5 Å². The number of carbonyl (C=O) groups excluding carboxylic acids is 2. The molecule has 0 aliphatic carbocycles. The van der Waals surface area contributed by atoms with Gasteiger partial charge in [0.2, 0.25) is 5.91 Å². The van der Waals surface area contributed by atoms with Gasteiger partial charge in [-0.05, 0) is 56.4 Å². The summed E-state index contributed by atoms with van der Waals surface area (Å²) in [5, 5.41) is 0. The molecule has 0 spiro atoms. The average Bonchev–Trinajstić information content (AvgIpc) is 2.81. The number of nitrogens with zero attached hydrogens (tertiary/aromatic N) is 3. The molecule has 1 aliphatic rings. The van der Waals surface area contributed by atoms with E-state index in [4.69, 9.17) is 4.74 Å². The van der Waals surface area contributed by atoms with Gasteiger partial charge >= 0.3 is 0 Å². The third-order valence-electron chi connectivity index (χ3n) is 5.88. The minimum atomic E-state index is 0.0177. The highest BCUT2D eigenvalue weighted by atomic mass is 16.5. The first-order valence-corrected chi connectivity index (χ1v) is 11.1. The lowest BCUT2D eigenvalue weighted by Crippen LogP contribution is -2.42. The first-order valence-electron chi connectivity index (χ1n) is 11.1. The van der Waals surface area contributed by atoms with Gasteiger partial charge in [0.1, 0.15) is 5.75 Å². The summed E-state index contributed by atoms with van der Waals surface area (Å²) in [5.74, 6) is 1.25. The highest BCUT2D eigenvalue weighted by Crippen LogP contribution is 2.22. The SMILES string of the molecule is Cc1ccc(OCC(=O)N2CCC[C@H](CCC(=O)N(C)CCc3ccccn3)C2)cc1. The topological polar surface area (TPSA) is 62.7 Å². The zero-order chi connectivity index (χ0) is 22.1. The molecule has 2 aromatic rings. The summed E-state index contributed by atoms with van der Waals surface area (Å²) in [5.41, 5.74) is 2.16. The van der Waals surface area contributed by atoms with Crippen molar-refractivity contribution in [3.8, 4) is 5.75 Å². The van der Waals surface area contributed by atoms with E-state index >= 15 is 0 Å². The van der Waals surface area contributed by atoms with E-state index in [1.165, 1.54) is 0 Å². The van der Waals surface area contributed by atoms with Crippen molar-refractivity contribution < 1.29 is 14.3 Å². The van der Waals surface area contributed by atoms with Crippen LogP contribution in [-0.2, 0) is 16.0 Å². The van der Waals surface area contributed by atoms with E-state index in [-0.39, 0.29) is 18.4 Å². The van der Waals surface area contributed by atoms with Crippen molar-refractivity contribution >= 4 is 11.8 Å². The number of benzene rings is 1. The number of pyridine rings is 1. The summed E-state index contributed by atoms with van der Waals surface area (Å²) in [6.07, 6.45) is 5.91. The number of amides is 2. The molecule has 1 atom stereocenters. The van der Waals surface area contributed by atoms with Gasteiger partial charge in [0.05, 0.1) is 0 Å². The Hall–Kier alpha value is -2.89. The predicted molar refractivity (Wildman–Crippen MR) is 121 cm³/mol. The van der Waals surface area contributed by atoms with Crippen LogP contribution in [0.4, 0.5) is 0 Å². The maximum absolute atomic E-state index is 12.6. The van der Waals surface area contributed by atoms with E-state index in [1.807, 2.05) is 61.3 Å². The standard InChI is InChI=1S/C25H33N3O3/c1-20-8-11-23(12-9-20)31-19-25(30)28-16-5-6-21(18-28)10-13-24(29)27(2)17-14-22-7-3-4-15-26-22/h3-4,7-9,11-12,15,21H,5-6,10,13-14,16-19H2,1-2H3/t21-/m1/s1. The Morgan fingerprint density at radius 2 is 2.00 bits per heavy atom. The fraction of sp³-hybridized carbons (Fsp3) is 0.480. The molecule has 2 amide bonds. The number of piperidine rings is 1. The van der Waals surface area contributed by atoms with Crippen LogP contribution in [-0.4, -0.2) is 59.9 Å². The minimum absolute atomic E-state index is 0.0177. The van der Waals surface area contributed by atoms with Crippen LogP contribution in [0.3, 0.4) is 0 Å². The molecule has 6 heteroatoms. The van der Waals surface area contributed by atoms with Gasteiger partial charge in [0, 0.05) is 51.4 Å². The van der Waals surface area contributed by atoms with Crippen molar-refractivity contribution in [2.24, 2.45) is 5.92 Å². The molecule has 6 nitrogen and oxygen atoms in total. The molecule has 1 fully saturated rings. The van der Waals surface area contributed by atoms with Crippen LogP contribution in [0.15, 0.2) is 48.7 Å². The molecule has 0 N–H and O–H groups in total. The highest BCUT2D eigenvalue weighted by molar-refractivity contribution is 5.78.